The van der Waals surface area contributed by atoms with Crippen LogP contribution in [0.2, 0.25) is 0 Å². The van der Waals surface area contributed by atoms with Crippen LogP contribution >= 0.6 is 11.3 Å². The lowest BCUT2D eigenvalue weighted by Gasteiger charge is -2.02. The molecule has 0 aliphatic carbocycles. The molecule has 17 heavy (non-hydrogen) atoms. The minimum atomic E-state index is -0.471. The zero-order valence-corrected chi connectivity index (χ0v) is 10.2. The molecule has 1 nitrogen and oxygen atoms in total. The third-order valence-corrected chi connectivity index (χ3v) is 3.69. The molecule has 1 aromatic carbocycles. The van der Waals surface area contributed by atoms with Gasteiger partial charge in [0.1, 0.15) is 11.6 Å². The number of hydrogen-bond donors (Lipinski definition) is 0. The highest BCUT2D eigenvalue weighted by Crippen LogP contribution is 2.31. The highest BCUT2D eigenvalue weighted by atomic mass is 32.1. The van der Waals surface area contributed by atoms with Crippen LogP contribution in [0.25, 0.3) is 10.4 Å². The van der Waals surface area contributed by atoms with Gasteiger partial charge < -0.3 is 0 Å². The maximum absolute atomic E-state index is 13.7. The Balaban J connectivity index is 2.52. The lowest BCUT2D eigenvalue weighted by atomic mass is 10.1. The van der Waals surface area contributed by atoms with Gasteiger partial charge >= 0.3 is 0 Å². The van der Waals surface area contributed by atoms with E-state index in [9.17, 15) is 13.6 Å². The number of halogens is 2. The van der Waals surface area contributed by atoms with E-state index >= 15 is 0 Å². The number of ketones is 1. The first-order chi connectivity index (χ1) is 7.99. The summed E-state index contributed by atoms with van der Waals surface area (Å²) < 4.78 is 27.1. The molecule has 0 saturated heterocycles. The smallest absolute Gasteiger partial charge is 0.169 e. The van der Waals surface area contributed by atoms with Gasteiger partial charge in [0.15, 0.2) is 5.78 Å². The summed E-state index contributed by atoms with van der Waals surface area (Å²) in [6.45, 7) is 2.96. The van der Waals surface area contributed by atoms with E-state index in [4.69, 9.17) is 0 Å². The van der Waals surface area contributed by atoms with Crippen LogP contribution in [0, 0.1) is 18.6 Å². The molecule has 0 saturated carbocycles. The maximum atomic E-state index is 13.7. The van der Waals surface area contributed by atoms with E-state index in [-0.39, 0.29) is 16.9 Å². The molecule has 0 radical (unpaired) electrons. The molecular formula is C13H10F2OS. The zero-order chi connectivity index (χ0) is 12.6. The van der Waals surface area contributed by atoms with Gasteiger partial charge in [0.2, 0.25) is 0 Å². The first kappa shape index (κ1) is 11.9. The molecule has 0 N–H and O–H groups in total. The quantitative estimate of drug-likeness (QED) is 0.732. The topological polar surface area (TPSA) is 17.1 Å². The Morgan fingerprint density at radius 3 is 2.47 bits per heavy atom. The fraction of sp³-hybridized carbons (Fsp3) is 0.154. The van der Waals surface area contributed by atoms with Gasteiger partial charge in [-0.1, -0.05) is 0 Å². The van der Waals surface area contributed by atoms with E-state index in [2.05, 4.69) is 0 Å². The van der Waals surface area contributed by atoms with E-state index in [0.29, 0.717) is 9.75 Å². The number of aryl methyl sites for hydroxylation is 1. The van der Waals surface area contributed by atoms with Gasteiger partial charge in [-0.15, -0.1) is 11.3 Å². The first-order valence-corrected chi connectivity index (χ1v) is 5.87. The molecule has 0 spiro atoms. The summed E-state index contributed by atoms with van der Waals surface area (Å²) in [7, 11) is 0. The minimum absolute atomic E-state index is 0.0748. The average Bonchev–Trinajstić information content (AvgIpc) is 2.72. The van der Waals surface area contributed by atoms with E-state index < -0.39 is 11.6 Å². The highest BCUT2D eigenvalue weighted by Gasteiger charge is 2.12. The van der Waals surface area contributed by atoms with Gasteiger partial charge in [0.05, 0.1) is 4.88 Å². The summed E-state index contributed by atoms with van der Waals surface area (Å²) in [5, 5.41) is 0. The van der Waals surface area contributed by atoms with Crippen molar-refractivity contribution < 1.29 is 13.6 Å². The van der Waals surface area contributed by atoms with E-state index in [0.717, 1.165) is 6.07 Å². The second kappa shape index (κ2) is 4.37. The molecule has 0 unspecified atom stereocenters. The third-order valence-electron chi connectivity index (χ3n) is 2.47. The highest BCUT2D eigenvalue weighted by molar-refractivity contribution is 7.17. The van der Waals surface area contributed by atoms with Crippen LogP contribution in [0.15, 0.2) is 24.3 Å². The number of carbonyl (C=O) groups excluding carboxylic acids is 1. The number of benzene rings is 1. The first-order valence-electron chi connectivity index (χ1n) is 5.06. The van der Waals surface area contributed by atoms with Gasteiger partial charge in [-0.25, -0.2) is 8.78 Å². The van der Waals surface area contributed by atoms with Crippen molar-refractivity contribution in [1.82, 2.24) is 0 Å². The minimum Gasteiger partial charge on any atom is -0.294 e. The van der Waals surface area contributed by atoms with E-state index in [1.165, 1.54) is 31.3 Å². The van der Waals surface area contributed by atoms with Crippen LogP contribution in [-0.2, 0) is 0 Å². The fourth-order valence-corrected chi connectivity index (χ4v) is 2.43. The summed E-state index contributed by atoms with van der Waals surface area (Å²) in [4.78, 5) is 12.2. The summed E-state index contributed by atoms with van der Waals surface area (Å²) in [5.74, 6) is -0.991. The molecule has 0 atom stereocenters. The Kier molecular flexibility index (Phi) is 3.07. The summed E-state index contributed by atoms with van der Waals surface area (Å²) >= 11 is 1.17. The van der Waals surface area contributed by atoms with Crippen molar-refractivity contribution in [2.75, 3.05) is 0 Å². The SMILES string of the molecule is CC(=O)c1ccc(-c2cc(F)c(C)cc2F)s1. The molecule has 1 heterocycles. The lowest BCUT2D eigenvalue weighted by molar-refractivity contribution is 0.102. The molecule has 2 rings (SSSR count). The van der Waals surface area contributed by atoms with Crippen molar-refractivity contribution >= 4 is 17.1 Å². The molecule has 0 aliphatic heterocycles. The van der Waals surface area contributed by atoms with Gasteiger partial charge in [0, 0.05) is 10.4 Å². The Hall–Kier alpha value is -1.55. The van der Waals surface area contributed by atoms with Crippen LogP contribution in [0.1, 0.15) is 22.2 Å². The van der Waals surface area contributed by atoms with E-state index in [1.807, 2.05) is 0 Å². The Labute approximate surface area is 102 Å². The molecule has 4 heteroatoms. The van der Waals surface area contributed by atoms with Gasteiger partial charge in [0.25, 0.3) is 0 Å². The molecular weight excluding hydrogens is 242 g/mol. The number of hydrogen-bond acceptors (Lipinski definition) is 2. The molecule has 0 aliphatic rings. The largest absolute Gasteiger partial charge is 0.294 e. The molecule has 1 aromatic heterocycles. The van der Waals surface area contributed by atoms with Crippen LogP contribution in [0.5, 0.6) is 0 Å². The van der Waals surface area contributed by atoms with Gasteiger partial charge in [-0.05, 0) is 43.7 Å². The molecule has 88 valence electrons. The standard InChI is InChI=1S/C13H10F2OS/c1-7-5-11(15)9(6-10(7)14)13-4-3-12(17-13)8(2)16/h3-6H,1-2H3. The van der Waals surface area contributed by atoms with Crippen LogP contribution in [0.4, 0.5) is 8.78 Å². The van der Waals surface area contributed by atoms with Crippen molar-refractivity contribution in [2.24, 2.45) is 0 Å². The third kappa shape index (κ3) is 2.26. The Bertz CT molecular complexity index is 587. The molecule has 0 amide bonds. The normalized spacial score (nSPS) is 10.6. The predicted octanol–water partition coefficient (Wildman–Crippen LogP) is 4.20. The number of Topliss-reactive ketones (excluding diaryl/α,β-unsaturated/α-hetero) is 1. The Morgan fingerprint density at radius 2 is 1.88 bits per heavy atom. The van der Waals surface area contributed by atoms with Crippen molar-refractivity contribution in [2.45, 2.75) is 13.8 Å². The Morgan fingerprint density at radius 1 is 1.18 bits per heavy atom. The maximum Gasteiger partial charge on any atom is 0.169 e. The summed E-state index contributed by atoms with van der Waals surface area (Å²) in [5.41, 5.74) is 0.472. The average molecular weight is 252 g/mol. The zero-order valence-electron chi connectivity index (χ0n) is 9.38. The monoisotopic (exact) mass is 252 g/mol. The van der Waals surface area contributed by atoms with Crippen LogP contribution in [-0.4, -0.2) is 5.78 Å². The van der Waals surface area contributed by atoms with Crippen molar-refractivity contribution in [3.63, 3.8) is 0 Å². The van der Waals surface area contributed by atoms with Gasteiger partial charge in [-0.2, -0.15) is 0 Å². The number of thiophene rings is 1. The lowest BCUT2D eigenvalue weighted by Crippen LogP contribution is -1.88. The van der Waals surface area contributed by atoms with Crippen molar-refractivity contribution in [1.29, 1.82) is 0 Å². The van der Waals surface area contributed by atoms with Crippen molar-refractivity contribution in [3.05, 3.63) is 46.3 Å². The van der Waals surface area contributed by atoms with E-state index in [1.54, 1.807) is 12.1 Å². The van der Waals surface area contributed by atoms with Crippen LogP contribution < -0.4 is 0 Å². The second-order valence-corrected chi connectivity index (χ2v) is 4.89. The molecule has 2 aromatic rings. The summed E-state index contributed by atoms with van der Waals surface area (Å²) in [6, 6.07) is 5.59. The predicted molar refractivity (Wildman–Crippen MR) is 64.4 cm³/mol. The fourth-order valence-electron chi connectivity index (χ4n) is 1.51. The second-order valence-electron chi connectivity index (χ2n) is 3.80. The van der Waals surface area contributed by atoms with Gasteiger partial charge in [-0.3, -0.25) is 4.79 Å². The molecule has 0 fully saturated rings. The summed E-state index contributed by atoms with van der Waals surface area (Å²) in [6.07, 6.45) is 0. The number of rotatable bonds is 2. The van der Waals surface area contributed by atoms with Crippen LogP contribution in [0.3, 0.4) is 0 Å². The van der Waals surface area contributed by atoms with Crippen molar-refractivity contribution in [3.8, 4) is 10.4 Å². The number of carbonyl (C=O) groups is 1. The molecule has 0 bridgehead atoms.